The van der Waals surface area contributed by atoms with Crippen LogP contribution in [0.2, 0.25) is 0 Å². The van der Waals surface area contributed by atoms with Gasteiger partial charge in [-0.15, -0.1) is 0 Å². The molecule has 19 heavy (non-hydrogen) atoms. The zero-order valence-corrected chi connectivity index (χ0v) is 11.6. The highest BCUT2D eigenvalue weighted by Gasteiger charge is 2.23. The Morgan fingerprint density at radius 2 is 1.89 bits per heavy atom. The zero-order chi connectivity index (χ0) is 13.8. The Morgan fingerprint density at radius 3 is 2.58 bits per heavy atom. The number of nitrogens with two attached hydrogens (primary N) is 1. The topological polar surface area (TPSA) is 69.6 Å². The molecule has 2 N–H and O–H groups in total. The highest BCUT2D eigenvalue weighted by Crippen LogP contribution is 2.31. The molecule has 3 heterocycles. The molecule has 98 valence electrons. The third kappa shape index (κ3) is 1.65. The molecular formula is C14H17N5. The molecule has 0 unspecified atom stereocenters. The van der Waals surface area contributed by atoms with E-state index in [0.717, 1.165) is 27.9 Å². The molecule has 0 atom stereocenters. The minimum Gasteiger partial charge on any atom is -0.382 e. The fourth-order valence-electron chi connectivity index (χ4n) is 2.60. The third-order valence-electron chi connectivity index (χ3n) is 3.21. The van der Waals surface area contributed by atoms with Gasteiger partial charge >= 0.3 is 0 Å². The molecule has 5 heteroatoms. The van der Waals surface area contributed by atoms with E-state index >= 15 is 0 Å². The molecule has 3 aromatic rings. The van der Waals surface area contributed by atoms with Gasteiger partial charge < -0.3 is 10.3 Å². The Balaban J connectivity index is 2.61. The van der Waals surface area contributed by atoms with Crippen molar-refractivity contribution in [2.45, 2.75) is 33.2 Å². The first kappa shape index (κ1) is 11.9. The average molecular weight is 255 g/mol. The molecule has 0 radical (unpaired) electrons. The minimum absolute atomic E-state index is 0.0862. The van der Waals surface area contributed by atoms with Crippen LogP contribution in [0.5, 0.6) is 0 Å². The van der Waals surface area contributed by atoms with E-state index in [1.165, 1.54) is 0 Å². The Bertz CT molecular complexity index is 780. The molecule has 3 rings (SSSR count). The molecule has 0 fully saturated rings. The maximum Gasteiger partial charge on any atom is 0.152 e. The lowest BCUT2D eigenvalue weighted by molar-refractivity contribution is 0.400. The minimum atomic E-state index is -0.0862. The number of fused-ring (bicyclic) bond motifs is 3. The van der Waals surface area contributed by atoms with Crippen molar-refractivity contribution in [3.8, 4) is 0 Å². The van der Waals surface area contributed by atoms with Gasteiger partial charge in [0.2, 0.25) is 0 Å². The first-order chi connectivity index (χ1) is 8.89. The van der Waals surface area contributed by atoms with Crippen molar-refractivity contribution in [3.05, 3.63) is 24.2 Å². The molecule has 0 spiro atoms. The summed E-state index contributed by atoms with van der Waals surface area (Å²) in [5.74, 6) is 1.38. The van der Waals surface area contributed by atoms with Crippen molar-refractivity contribution in [2.75, 3.05) is 5.73 Å². The maximum absolute atomic E-state index is 6.03. The summed E-state index contributed by atoms with van der Waals surface area (Å²) in [7, 11) is 0. The van der Waals surface area contributed by atoms with E-state index in [2.05, 4.69) is 40.3 Å². The van der Waals surface area contributed by atoms with Gasteiger partial charge in [-0.05, 0) is 39.8 Å². The summed E-state index contributed by atoms with van der Waals surface area (Å²) in [6.45, 7) is 8.42. The molecule has 5 nitrogen and oxygen atoms in total. The largest absolute Gasteiger partial charge is 0.382 e. The number of hydrogen-bond acceptors (Lipinski definition) is 4. The molecule has 0 saturated heterocycles. The van der Waals surface area contributed by atoms with Gasteiger partial charge in [-0.2, -0.15) is 0 Å². The Labute approximate surface area is 111 Å². The summed E-state index contributed by atoms with van der Waals surface area (Å²) >= 11 is 0. The van der Waals surface area contributed by atoms with Gasteiger partial charge in [-0.3, -0.25) is 4.98 Å². The smallest absolute Gasteiger partial charge is 0.152 e. The van der Waals surface area contributed by atoms with Gasteiger partial charge in [0.25, 0.3) is 0 Å². The molecule has 0 saturated carbocycles. The van der Waals surface area contributed by atoms with Crippen LogP contribution in [0.4, 0.5) is 5.82 Å². The molecule has 0 bridgehead atoms. The number of rotatable bonds is 0. The second-order valence-corrected chi connectivity index (χ2v) is 5.73. The van der Waals surface area contributed by atoms with E-state index < -0.39 is 0 Å². The van der Waals surface area contributed by atoms with Crippen molar-refractivity contribution < 1.29 is 0 Å². The number of nitrogens with zero attached hydrogens (tertiary/aromatic N) is 4. The van der Waals surface area contributed by atoms with Crippen molar-refractivity contribution in [2.24, 2.45) is 0 Å². The normalized spacial score (nSPS) is 12.4. The molecule has 0 aliphatic heterocycles. The fraction of sp³-hybridized carbons (Fsp3) is 0.357. The van der Waals surface area contributed by atoms with Crippen LogP contribution >= 0.6 is 0 Å². The first-order valence-corrected chi connectivity index (χ1v) is 6.29. The van der Waals surface area contributed by atoms with Crippen molar-refractivity contribution >= 4 is 27.9 Å². The summed E-state index contributed by atoms with van der Waals surface area (Å²) in [5, 5.41) is 0. The fourth-order valence-corrected chi connectivity index (χ4v) is 2.60. The lowest BCUT2D eigenvalue weighted by Gasteiger charge is -2.24. The SMILES string of the molecule is Cc1nc2c(N)nc3cccnc3c2n1C(C)(C)C. The van der Waals surface area contributed by atoms with Crippen LogP contribution in [-0.4, -0.2) is 19.5 Å². The second kappa shape index (κ2) is 3.66. The van der Waals surface area contributed by atoms with Crippen LogP contribution in [0.1, 0.15) is 26.6 Å². The van der Waals surface area contributed by atoms with Crippen LogP contribution in [0, 0.1) is 6.92 Å². The number of nitrogen functional groups attached to an aromatic ring is 1. The Hall–Kier alpha value is -2.17. The summed E-state index contributed by atoms with van der Waals surface area (Å²) in [6.07, 6.45) is 1.77. The quantitative estimate of drug-likeness (QED) is 0.670. The number of aryl methyl sites for hydroxylation is 1. The highest BCUT2D eigenvalue weighted by atomic mass is 15.1. The summed E-state index contributed by atoms with van der Waals surface area (Å²) in [4.78, 5) is 13.4. The molecule has 0 aliphatic rings. The van der Waals surface area contributed by atoms with Crippen LogP contribution in [-0.2, 0) is 5.54 Å². The first-order valence-electron chi connectivity index (χ1n) is 6.29. The van der Waals surface area contributed by atoms with Crippen LogP contribution < -0.4 is 5.73 Å². The van der Waals surface area contributed by atoms with Gasteiger partial charge in [-0.1, -0.05) is 0 Å². The predicted molar refractivity (Wildman–Crippen MR) is 77.0 cm³/mol. The van der Waals surface area contributed by atoms with Crippen molar-refractivity contribution in [1.82, 2.24) is 19.5 Å². The van der Waals surface area contributed by atoms with E-state index in [1.54, 1.807) is 6.20 Å². The van der Waals surface area contributed by atoms with Crippen LogP contribution in [0.15, 0.2) is 18.3 Å². The molecular weight excluding hydrogens is 238 g/mol. The van der Waals surface area contributed by atoms with Crippen LogP contribution in [0.25, 0.3) is 22.1 Å². The maximum atomic E-state index is 6.03. The van der Waals surface area contributed by atoms with E-state index in [-0.39, 0.29) is 5.54 Å². The van der Waals surface area contributed by atoms with Gasteiger partial charge in [-0.25, -0.2) is 9.97 Å². The summed E-state index contributed by atoms with van der Waals surface area (Å²) in [6, 6.07) is 3.79. The number of anilines is 1. The van der Waals surface area contributed by atoms with Crippen molar-refractivity contribution in [3.63, 3.8) is 0 Å². The third-order valence-corrected chi connectivity index (χ3v) is 3.21. The molecule has 0 amide bonds. The lowest BCUT2D eigenvalue weighted by atomic mass is 10.1. The zero-order valence-electron chi connectivity index (χ0n) is 11.6. The molecule has 0 aliphatic carbocycles. The Kier molecular flexibility index (Phi) is 2.29. The van der Waals surface area contributed by atoms with Crippen LogP contribution in [0.3, 0.4) is 0 Å². The van der Waals surface area contributed by atoms with E-state index in [9.17, 15) is 0 Å². The monoisotopic (exact) mass is 255 g/mol. The number of imidazole rings is 1. The average Bonchev–Trinajstić information content (AvgIpc) is 2.67. The molecule has 0 aromatic carbocycles. The standard InChI is InChI=1S/C14H17N5/c1-8-17-11-12(19(8)14(2,3)4)10-9(18-13(11)15)6-5-7-16-10/h5-7H,1-4H3,(H2,15,18). The Morgan fingerprint density at radius 1 is 1.16 bits per heavy atom. The molecule has 3 aromatic heterocycles. The highest BCUT2D eigenvalue weighted by molar-refractivity contribution is 6.04. The number of pyridine rings is 2. The van der Waals surface area contributed by atoms with Gasteiger partial charge in [0.05, 0.1) is 5.52 Å². The van der Waals surface area contributed by atoms with Gasteiger partial charge in [0.15, 0.2) is 5.82 Å². The lowest BCUT2D eigenvalue weighted by Crippen LogP contribution is -2.23. The predicted octanol–water partition coefficient (Wildman–Crippen LogP) is 2.63. The summed E-state index contributed by atoms with van der Waals surface area (Å²) < 4.78 is 2.18. The van der Waals surface area contributed by atoms with Crippen molar-refractivity contribution in [1.29, 1.82) is 0 Å². The number of hydrogen-bond donors (Lipinski definition) is 1. The second-order valence-electron chi connectivity index (χ2n) is 5.73. The van der Waals surface area contributed by atoms with Gasteiger partial charge in [0.1, 0.15) is 22.4 Å². The van der Waals surface area contributed by atoms with E-state index in [4.69, 9.17) is 5.73 Å². The number of aromatic nitrogens is 4. The van der Waals surface area contributed by atoms with E-state index in [0.29, 0.717) is 5.82 Å². The van der Waals surface area contributed by atoms with Gasteiger partial charge in [0, 0.05) is 11.7 Å². The van der Waals surface area contributed by atoms with E-state index in [1.807, 2.05) is 19.1 Å². The summed E-state index contributed by atoms with van der Waals surface area (Å²) in [5.41, 5.74) is 9.30.